The molecule has 0 unspecified atom stereocenters. The highest BCUT2D eigenvalue weighted by Crippen LogP contribution is 2.16. The van der Waals surface area contributed by atoms with Gasteiger partial charge < -0.3 is 10.7 Å². The SMILES string of the molecule is CCc1c[nH]c(=O)c2ccc(CN)cc12. The zero-order chi connectivity index (χ0) is 10.8. The summed E-state index contributed by atoms with van der Waals surface area (Å²) < 4.78 is 0. The molecule has 0 aliphatic rings. The highest BCUT2D eigenvalue weighted by molar-refractivity contribution is 5.85. The summed E-state index contributed by atoms with van der Waals surface area (Å²) in [4.78, 5) is 14.3. The lowest BCUT2D eigenvalue weighted by atomic mass is 10.0. The van der Waals surface area contributed by atoms with Crippen LogP contribution in [0.15, 0.2) is 29.2 Å². The van der Waals surface area contributed by atoms with Gasteiger partial charge in [0, 0.05) is 18.1 Å². The van der Waals surface area contributed by atoms with Crippen molar-refractivity contribution in [3.05, 3.63) is 45.9 Å². The smallest absolute Gasteiger partial charge is 0.255 e. The van der Waals surface area contributed by atoms with Crippen molar-refractivity contribution in [2.45, 2.75) is 19.9 Å². The van der Waals surface area contributed by atoms with E-state index < -0.39 is 0 Å². The number of hydrogen-bond acceptors (Lipinski definition) is 2. The molecule has 15 heavy (non-hydrogen) atoms. The fourth-order valence-electron chi connectivity index (χ4n) is 1.78. The number of hydrogen-bond donors (Lipinski definition) is 2. The number of pyridine rings is 1. The predicted molar refractivity (Wildman–Crippen MR) is 61.8 cm³/mol. The van der Waals surface area contributed by atoms with Crippen molar-refractivity contribution < 1.29 is 0 Å². The zero-order valence-electron chi connectivity index (χ0n) is 8.71. The third-order valence-corrected chi connectivity index (χ3v) is 2.67. The van der Waals surface area contributed by atoms with Gasteiger partial charge in [-0.3, -0.25) is 4.79 Å². The molecule has 0 saturated carbocycles. The summed E-state index contributed by atoms with van der Waals surface area (Å²) in [5.74, 6) is 0. The van der Waals surface area contributed by atoms with Gasteiger partial charge in [-0.2, -0.15) is 0 Å². The van der Waals surface area contributed by atoms with E-state index in [0.29, 0.717) is 6.54 Å². The second-order valence-electron chi connectivity index (χ2n) is 3.58. The van der Waals surface area contributed by atoms with Crippen LogP contribution in [0.5, 0.6) is 0 Å². The van der Waals surface area contributed by atoms with Crippen molar-refractivity contribution in [3.8, 4) is 0 Å². The summed E-state index contributed by atoms with van der Waals surface area (Å²) in [6.45, 7) is 2.58. The number of nitrogens with one attached hydrogen (secondary N) is 1. The number of nitrogens with two attached hydrogens (primary N) is 1. The van der Waals surface area contributed by atoms with Crippen molar-refractivity contribution in [1.29, 1.82) is 0 Å². The zero-order valence-corrected chi connectivity index (χ0v) is 8.71. The Morgan fingerprint density at radius 3 is 2.80 bits per heavy atom. The lowest BCUT2D eigenvalue weighted by Gasteiger charge is -2.05. The number of fused-ring (bicyclic) bond motifs is 1. The van der Waals surface area contributed by atoms with Gasteiger partial charge in [0.15, 0.2) is 0 Å². The molecule has 0 spiro atoms. The quantitative estimate of drug-likeness (QED) is 0.776. The van der Waals surface area contributed by atoms with E-state index >= 15 is 0 Å². The predicted octanol–water partition coefficient (Wildman–Crippen LogP) is 1.55. The maximum Gasteiger partial charge on any atom is 0.255 e. The number of aryl methyl sites for hydroxylation is 1. The molecule has 0 amide bonds. The van der Waals surface area contributed by atoms with E-state index in [1.807, 2.05) is 18.2 Å². The van der Waals surface area contributed by atoms with Gasteiger partial charge in [0.1, 0.15) is 0 Å². The first-order chi connectivity index (χ1) is 7.26. The van der Waals surface area contributed by atoms with Crippen LogP contribution >= 0.6 is 0 Å². The van der Waals surface area contributed by atoms with Crippen LogP contribution in [0.3, 0.4) is 0 Å². The fraction of sp³-hybridized carbons (Fsp3) is 0.250. The molecule has 0 fully saturated rings. The van der Waals surface area contributed by atoms with Crippen LogP contribution in [0.25, 0.3) is 10.8 Å². The molecule has 2 rings (SSSR count). The molecule has 0 aliphatic carbocycles. The van der Waals surface area contributed by atoms with E-state index in [4.69, 9.17) is 5.73 Å². The number of aromatic nitrogens is 1. The van der Waals surface area contributed by atoms with Gasteiger partial charge in [-0.05, 0) is 35.1 Å². The average molecular weight is 202 g/mol. The molecular formula is C12H14N2O. The van der Waals surface area contributed by atoms with Crippen molar-refractivity contribution in [2.24, 2.45) is 5.73 Å². The van der Waals surface area contributed by atoms with E-state index in [2.05, 4.69) is 11.9 Å². The van der Waals surface area contributed by atoms with E-state index in [1.165, 1.54) is 0 Å². The third kappa shape index (κ3) is 1.66. The summed E-state index contributed by atoms with van der Waals surface area (Å²) in [6, 6.07) is 5.75. The highest BCUT2D eigenvalue weighted by atomic mass is 16.1. The van der Waals surface area contributed by atoms with Crippen LogP contribution in [-0.4, -0.2) is 4.98 Å². The molecule has 0 aliphatic heterocycles. The van der Waals surface area contributed by atoms with Gasteiger partial charge in [0.2, 0.25) is 0 Å². The Labute approximate surface area is 87.9 Å². The van der Waals surface area contributed by atoms with Crippen LogP contribution < -0.4 is 11.3 Å². The Morgan fingerprint density at radius 1 is 1.33 bits per heavy atom. The van der Waals surface area contributed by atoms with Gasteiger partial charge >= 0.3 is 0 Å². The second-order valence-corrected chi connectivity index (χ2v) is 3.58. The summed E-state index contributed by atoms with van der Waals surface area (Å²) in [6.07, 6.45) is 2.69. The minimum Gasteiger partial charge on any atom is -0.328 e. The molecule has 1 heterocycles. The third-order valence-electron chi connectivity index (χ3n) is 2.67. The van der Waals surface area contributed by atoms with E-state index in [-0.39, 0.29) is 5.56 Å². The van der Waals surface area contributed by atoms with E-state index in [0.717, 1.165) is 28.3 Å². The highest BCUT2D eigenvalue weighted by Gasteiger charge is 2.03. The first-order valence-corrected chi connectivity index (χ1v) is 5.09. The van der Waals surface area contributed by atoms with Crippen molar-refractivity contribution >= 4 is 10.8 Å². The van der Waals surface area contributed by atoms with Crippen LogP contribution in [0, 0.1) is 0 Å². The Hall–Kier alpha value is -1.61. The lowest BCUT2D eigenvalue weighted by molar-refractivity contribution is 1.07. The molecule has 78 valence electrons. The van der Waals surface area contributed by atoms with Crippen molar-refractivity contribution in [2.75, 3.05) is 0 Å². The first-order valence-electron chi connectivity index (χ1n) is 5.09. The standard InChI is InChI=1S/C12H14N2O/c1-2-9-7-14-12(15)10-4-3-8(6-13)5-11(9)10/h3-5,7H,2,6,13H2,1H3,(H,14,15). The summed E-state index contributed by atoms with van der Waals surface area (Å²) in [5, 5.41) is 1.76. The van der Waals surface area contributed by atoms with E-state index in [9.17, 15) is 4.79 Å². The van der Waals surface area contributed by atoms with Gasteiger partial charge in [0.05, 0.1) is 0 Å². The summed E-state index contributed by atoms with van der Waals surface area (Å²) in [7, 11) is 0. The van der Waals surface area contributed by atoms with Gasteiger partial charge in [0.25, 0.3) is 5.56 Å². The second kappa shape index (κ2) is 3.87. The molecule has 1 aromatic carbocycles. The number of benzene rings is 1. The monoisotopic (exact) mass is 202 g/mol. The summed E-state index contributed by atoms with van der Waals surface area (Å²) in [5.41, 5.74) is 7.76. The van der Waals surface area contributed by atoms with Gasteiger partial charge in [-0.25, -0.2) is 0 Å². The summed E-state index contributed by atoms with van der Waals surface area (Å²) >= 11 is 0. The van der Waals surface area contributed by atoms with Crippen LogP contribution in [0.2, 0.25) is 0 Å². The topological polar surface area (TPSA) is 58.9 Å². The van der Waals surface area contributed by atoms with Crippen LogP contribution in [0.4, 0.5) is 0 Å². The molecular weight excluding hydrogens is 188 g/mol. The Bertz CT molecular complexity index is 543. The largest absolute Gasteiger partial charge is 0.328 e. The molecule has 0 saturated heterocycles. The maximum atomic E-state index is 11.6. The lowest BCUT2D eigenvalue weighted by Crippen LogP contribution is -2.07. The average Bonchev–Trinajstić information content (AvgIpc) is 2.29. The van der Waals surface area contributed by atoms with Crippen molar-refractivity contribution in [1.82, 2.24) is 4.98 Å². The molecule has 0 atom stereocenters. The van der Waals surface area contributed by atoms with Crippen LogP contribution in [0.1, 0.15) is 18.1 Å². The number of aromatic amines is 1. The molecule has 3 N–H and O–H groups in total. The minimum absolute atomic E-state index is 0.0363. The molecule has 0 bridgehead atoms. The first kappa shape index (κ1) is 9.93. The Morgan fingerprint density at radius 2 is 2.13 bits per heavy atom. The number of H-pyrrole nitrogens is 1. The van der Waals surface area contributed by atoms with Gasteiger partial charge in [-0.1, -0.05) is 13.0 Å². The normalized spacial score (nSPS) is 10.8. The maximum absolute atomic E-state index is 11.6. The van der Waals surface area contributed by atoms with Crippen LogP contribution in [-0.2, 0) is 13.0 Å². The molecule has 0 radical (unpaired) electrons. The van der Waals surface area contributed by atoms with Gasteiger partial charge in [-0.15, -0.1) is 0 Å². The number of rotatable bonds is 2. The van der Waals surface area contributed by atoms with E-state index in [1.54, 1.807) is 6.20 Å². The van der Waals surface area contributed by atoms with Crippen molar-refractivity contribution in [3.63, 3.8) is 0 Å². The molecule has 1 aromatic heterocycles. The molecule has 3 nitrogen and oxygen atoms in total. The Balaban J connectivity index is 2.83. The minimum atomic E-state index is -0.0363. The Kier molecular flexibility index (Phi) is 2.56. The molecule has 2 aromatic rings. The molecule has 3 heteroatoms. The fourth-order valence-corrected chi connectivity index (χ4v) is 1.78.